The molecule has 1 aliphatic rings. The van der Waals surface area contributed by atoms with Crippen molar-refractivity contribution in [2.75, 3.05) is 19.7 Å². The van der Waals surface area contributed by atoms with E-state index < -0.39 is 5.97 Å². The second-order valence-electron chi connectivity index (χ2n) is 4.86. The van der Waals surface area contributed by atoms with Gasteiger partial charge in [0.25, 0.3) is 5.91 Å². The number of likely N-dealkylation sites (tertiary alicyclic amines) is 1. The number of rotatable bonds is 5. The summed E-state index contributed by atoms with van der Waals surface area (Å²) in [5.74, 6) is -0.155. The van der Waals surface area contributed by atoms with E-state index in [1.807, 2.05) is 31.2 Å². The van der Waals surface area contributed by atoms with Gasteiger partial charge >= 0.3 is 5.97 Å². The SMILES string of the molecule is Cc1ccc(OCC(=O)N2CC(CC(=O)O)C2)cc1. The number of ether oxygens (including phenoxy) is 1. The number of carbonyl (C=O) groups excluding carboxylic acids is 1. The van der Waals surface area contributed by atoms with Crippen molar-refractivity contribution in [2.45, 2.75) is 13.3 Å². The Hall–Kier alpha value is -2.04. The molecule has 102 valence electrons. The van der Waals surface area contributed by atoms with Crippen LogP contribution in [-0.2, 0) is 9.59 Å². The van der Waals surface area contributed by atoms with Gasteiger partial charge in [0.2, 0.25) is 0 Å². The Kier molecular flexibility index (Phi) is 4.04. The molecule has 2 rings (SSSR count). The Bertz CT molecular complexity index is 463. The number of nitrogens with zero attached hydrogens (tertiary/aromatic N) is 1. The molecular formula is C14H17NO4. The number of benzene rings is 1. The first-order valence-corrected chi connectivity index (χ1v) is 6.23. The lowest BCUT2D eigenvalue weighted by molar-refractivity contribution is -0.146. The van der Waals surface area contributed by atoms with Crippen molar-refractivity contribution in [1.82, 2.24) is 4.90 Å². The molecule has 0 radical (unpaired) electrons. The molecule has 5 heteroatoms. The summed E-state index contributed by atoms with van der Waals surface area (Å²) in [5, 5.41) is 8.62. The maximum absolute atomic E-state index is 11.8. The van der Waals surface area contributed by atoms with E-state index in [-0.39, 0.29) is 24.9 Å². The molecule has 1 heterocycles. The van der Waals surface area contributed by atoms with Crippen LogP contribution in [0.25, 0.3) is 0 Å². The van der Waals surface area contributed by atoms with Gasteiger partial charge in [-0.25, -0.2) is 0 Å². The first kappa shape index (κ1) is 13.4. The van der Waals surface area contributed by atoms with Crippen molar-refractivity contribution in [2.24, 2.45) is 5.92 Å². The maximum atomic E-state index is 11.8. The summed E-state index contributed by atoms with van der Waals surface area (Å²) in [6.07, 6.45) is 0.128. The van der Waals surface area contributed by atoms with E-state index in [1.54, 1.807) is 4.90 Å². The van der Waals surface area contributed by atoms with Gasteiger partial charge in [0.05, 0.1) is 6.42 Å². The summed E-state index contributed by atoms with van der Waals surface area (Å²) in [7, 11) is 0. The molecule has 1 N–H and O–H groups in total. The molecular weight excluding hydrogens is 246 g/mol. The van der Waals surface area contributed by atoms with Gasteiger partial charge in [-0.2, -0.15) is 0 Å². The fourth-order valence-corrected chi connectivity index (χ4v) is 2.02. The second-order valence-corrected chi connectivity index (χ2v) is 4.86. The highest BCUT2D eigenvalue weighted by Crippen LogP contribution is 2.19. The zero-order chi connectivity index (χ0) is 13.8. The van der Waals surface area contributed by atoms with E-state index >= 15 is 0 Å². The lowest BCUT2D eigenvalue weighted by Crippen LogP contribution is -2.52. The maximum Gasteiger partial charge on any atom is 0.303 e. The first-order valence-electron chi connectivity index (χ1n) is 6.23. The summed E-state index contributed by atoms with van der Waals surface area (Å²) in [4.78, 5) is 23.9. The van der Waals surface area contributed by atoms with Gasteiger partial charge in [-0.1, -0.05) is 17.7 Å². The molecule has 1 amide bonds. The molecule has 0 unspecified atom stereocenters. The van der Waals surface area contributed by atoms with E-state index in [0.717, 1.165) is 5.56 Å². The van der Waals surface area contributed by atoms with Crippen LogP contribution in [0.5, 0.6) is 5.75 Å². The van der Waals surface area contributed by atoms with Gasteiger partial charge < -0.3 is 14.7 Å². The third-order valence-corrected chi connectivity index (χ3v) is 3.16. The number of hydrogen-bond acceptors (Lipinski definition) is 3. The van der Waals surface area contributed by atoms with Crippen LogP contribution in [0, 0.1) is 12.8 Å². The van der Waals surface area contributed by atoms with Crippen LogP contribution in [0.4, 0.5) is 0 Å². The van der Waals surface area contributed by atoms with Crippen molar-refractivity contribution in [3.05, 3.63) is 29.8 Å². The minimum absolute atomic E-state index is 0.00283. The molecule has 1 aromatic rings. The Balaban J connectivity index is 1.71. The predicted octanol–water partition coefficient (Wildman–Crippen LogP) is 1.31. The van der Waals surface area contributed by atoms with E-state index in [2.05, 4.69) is 0 Å². The lowest BCUT2D eigenvalue weighted by atomic mass is 9.96. The Morgan fingerprint density at radius 2 is 1.95 bits per heavy atom. The van der Waals surface area contributed by atoms with Crippen LogP contribution in [0.1, 0.15) is 12.0 Å². The zero-order valence-electron chi connectivity index (χ0n) is 10.8. The molecule has 5 nitrogen and oxygen atoms in total. The van der Waals surface area contributed by atoms with E-state index in [4.69, 9.17) is 9.84 Å². The van der Waals surface area contributed by atoms with Crippen LogP contribution in [-0.4, -0.2) is 41.6 Å². The third-order valence-electron chi connectivity index (χ3n) is 3.16. The minimum atomic E-state index is -0.812. The van der Waals surface area contributed by atoms with Crippen molar-refractivity contribution >= 4 is 11.9 Å². The number of aliphatic carboxylic acids is 1. The summed E-state index contributed by atoms with van der Waals surface area (Å²) < 4.78 is 5.39. The highest BCUT2D eigenvalue weighted by molar-refractivity contribution is 5.79. The standard InChI is InChI=1S/C14H17NO4/c1-10-2-4-12(5-3-10)19-9-13(16)15-7-11(8-15)6-14(17)18/h2-5,11H,6-9H2,1H3,(H,17,18). The van der Waals surface area contributed by atoms with Gasteiger partial charge in [0, 0.05) is 19.0 Å². The number of carbonyl (C=O) groups is 2. The highest BCUT2D eigenvalue weighted by atomic mass is 16.5. The average molecular weight is 263 g/mol. The Morgan fingerprint density at radius 1 is 1.32 bits per heavy atom. The molecule has 1 aliphatic heterocycles. The molecule has 19 heavy (non-hydrogen) atoms. The molecule has 1 fully saturated rings. The second kappa shape index (κ2) is 5.73. The van der Waals surface area contributed by atoms with Crippen LogP contribution in [0.3, 0.4) is 0 Å². The fourth-order valence-electron chi connectivity index (χ4n) is 2.02. The van der Waals surface area contributed by atoms with Crippen molar-refractivity contribution in [3.8, 4) is 5.75 Å². The number of aryl methyl sites for hydroxylation is 1. The number of hydrogen-bond donors (Lipinski definition) is 1. The van der Waals surface area contributed by atoms with E-state index in [9.17, 15) is 9.59 Å². The summed E-state index contributed by atoms with van der Waals surface area (Å²) in [6, 6.07) is 7.50. The van der Waals surface area contributed by atoms with Crippen LogP contribution < -0.4 is 4.74 Å². The Labute approximate surface area is 111 Å². The molecule has 0 saturated carbocycles. The van der Waals surface area contributed by atoms with Crippen molar-refractivity contribution < 1.29 is 19.4 Å². The average Bonchev–Trinajstić information content (AvgIpc) is 2.32. The lowest BCUT2D eigenvalue weighted by Gasteiger charge is -2.38. The minimum Gasteiger partial charge on any atom is -0.484 e. The largest absolute Gasteiger partial charge is 0.484 e. The summed E-state index contributed by atoms with van der Waals surface area (Å²) in [6.45, 7) is 3.02. The quantitative estimate of drug-likeness (QED) is 0.869. The molecule has 0 aliphatic carbocycles. The summed E-state index contributed by atoms with van der Waals surface area (Å²) in [5.41, 5.74) is 1.14. The smallest absolute Gasteiger partial charge is 0.303 e. The first-order chi connectivity index (χ1) is 9.04. The molecule has 0 spiro atoms. The van der Waals surface area contributed by atoms with Gasteiger partial charge in [-0.05, 0) is 19.1 Å². The highest BCUT2D eigenvalue weighted by Gasteiger charge is 2.31. The number of amides is 1. The zero-order valence-corrected chi connectivity index (χ0v) is 10.8. The predicted molar refractivity (Wildman–Crippen MR) is 69.0 cm³/mol. The van der Waals surface area contributed by atoms with Crippen LogP contribution >= 0.6 is 0 Å². The third kappa shape index (κ3) is 3.71. The fraction of sp³-hybridized carbons (Fsp3) is 0.429. The van der Waals surface area contributed by atoms with Gasteiger partial charge in [-0.3, -0.25) is 9.59 Å². The van der Waals surface area contributed by atoms with Crippen molar-refractivity contribution in [1.29, 1.82) is 0 Å². The molecule has 0 atom stereocenters. The molecule has 1 aromatic carbocycles. The van der Waals surface area contributed by atoms with Crippen molar-refractivity contribution in [3.63, 3.8) is 0 Å². The van der Waals surface area contributed by atoms with Gasteiger partial charge in [-0.15, -0.1) is 0 Å². The van der Waals surface area contributed by atoms with Gasteiger partial charge in [0.15, 0.2) is 6.61 Å². The molecule has 1 saturated heterocycles. The molecule has 0 aromatic heterocycles. The Morgan fingerprint density at radius 3 is 2.53 bits per heavy atom. The number of carboxylic acid groups (broad SMARTS) is 1. The monoisotopic (exact) mass is 263 g/mol. The van der Waals surface area contributed by atoms with Crippen LogP contribution in [0.2, 0.25) is 0 Å². The van der Waals surface area contributed by atoms with Crippen LogP contribution in [0.15, 0.2) is 24.3 Å². The normalized spacial score (nSPS) is 14.9. The summed E-state index contributed by atoms with van der Waals surface area (Å²) >= 11 is 0. The van der Waals surface area contributed by atoms with Gasteiger partial charge in [0.1, 0.15) is 5.75 Å². The topological polar surface area (TPSA) is 66.8 Å². The van der Waals surface area contributed by atoms with E-state index in [1.165, 1.54) is 0 Å². The molecule has 0 bridgehead atoms. The van der Waals surface area contributed by atoms with E-state index in [0.29, 0.717) is 18.8 Å². The number of carboxylic acids is 1.